The molecule has 0 saturated heterocycles. The molecule has 19 heavy (non-hydrogen) atoms. The summed E-state index contributed by atoms with van der Waals surface area (Å²) in [5.74, 6) is 0.186. The zero-order chi connectivity index (χ0) is 14.3. The van der Waals surface area contributed by atoms with Crippen LogP contribution in [0.2, 0.25) is 0 Å². The normalized spacial score (nSPS) is 12.4. The molecule has 1 aromatic carbocycles. The maximum Gasteiger partial charge on any atom is 0.310 e. The van der Waals surface area contributed by atoms with Crippen LogP contribution < -0.4 is 4.74 Å². The van der Waals surface area contributed by atoms with E-state index in [1.54, 1.807) is 12.1 Å². The largest absolute Gasteiger partial charge is 0.484 e. The third kappa shape index (κ3) is 4.84. The summed E-state index contributed by atoms with van der Waals surface area (Å²) in [6.07, 6.45) is -0.667. The fourth-order valence-corrected chi connectivity index (χ4v) is 1.75. The van der Waals surface area contributed by atoms with Gasteiger partial charge in [0.1, 0.15) is 12.7 Å². The van der Waals surface area contributed by atoms with Gasteiger partial charge in [0.15, 0.2) is 5.75 Å². The van der Waals surface area contributed by atoms with Crippen molar-refractivity contribution in [1.82, 2.24) is 4.90 Å². The molecule has 1 aromatic rings. The van der Waals surface area contributed by atoms with Crippen molar-refractivity contribution in [1.29, 1.82) is 0 Å². The second kappa shape index (κ2) is 7.70. The molecule has 0 spiro atoms. The Morgan fingerprint density at radius 3 is 2.58 bits per heavy atom. The summed E-state index contributed by atoms with van der Waals surface area (Å²) in [4.78, 5) is 12.4. The first-order valence-corrected chi connectivity index (χ1v) is 6.35. The van der Waals surface area contributed by atoms with Gasteiger partial charge in [-0.25, -0.2) is 0 Å². The quantitative estimate of drug-likeness (QED) is 0.573. The molecule has 6 nitrogen and oxygen atoms in total. The lowest BCUT2D eigenvalue weighted by Crippen LogP contribution is -2.35. The maximum atomic E-state index is 10.8. The summed E-state index contributed by atoms with van der Waals surface area (Å²) in [6, 6.07) is 6.16. The third-order valence-electron chi connectivity index (χ3n) is 2.86. The van der Waals surface area contributed by atoms with Crippen LogP contribution in [0.5, 0.6) is 5.75 Å². The number of para-hydroxylation sites is 2. The van der Waals surface area contributed by atoms with Crippen molar-refractivity contribution in [2.24, 2.45) is 0 Å². The van der Waals surface area contributed by atoms with Crippen LogP contribution in [0.3, 0.4) is 0 Å². The number of benzene rings is 1. The first-order valence-electron chi connectivity index (χ1n) is 6.35. The Bertz CT molecular complexity index is 407. The van der Waals surface area contributed by atoms with Crippen LogP contribution in [0.25, 0.3) is 0 Å². The molecule has 1 atom stereocenters. The number of aliphatic hydroxyl groups excluding tert-OH is 1. The van der Waals surface area contributed by atoms with Crippen LogP contribution in [-0.2, 0) is 0 Å². The van der Waals surface area contributed by atoms with E-state index in [-0.39, 0.29) is 18.0 Å². The number of hydrogen-bond acceptors (Lipinski definition) is 5. The van der Waals surface area contributed by atoms with Crippen molar-refractivity contribution in [3.8, 4) is 5.75 Å². The SMILES string of the molecule is CCN(CC)C[C@H](O)COc1ccccc1[N+](=O)[O-]. The Balaban J connectivity index is 2.55. The van der Waals surface area contributed by atoms with Crippen molar-refractivity contribution in [3.63, 3.8) is 0 Å². The van der Waals surface area contributed by atoms with Gasteiger partial charge in [-0.2, -0.15) is 0 Å². The average Bonchev–Trinajstić information content (AvgIpc) is 2.42. The van der Waals surface area contributed by atoms with Gasteiger partial charge < -0.3 is 14.7 Å². The van der Waals surface area contributed by atoms with Crippen molar-refractivity contribution >= 4 is 5.69 Å². The number of ether oxygens (including phenoxy) is 1. The first kappa shape index (κ1) is 15.4. The molecule has 0 aliphatic carbocycles. The van der Waals surface area contributed by atoms with Gasteiger partial charge in [0.2, 0.25) is 0 Å². The lowest BCUT2D eigenvalue weighted by Gasteiger charge is -2.21. The summed E-state index contributed by atoms with van der Waals surface area (Å²) < 4.78 is 5.33. The Morgan fingerprint density at radius 2 is 2.00 bits per heavy atom. The highest BCUT2D eigenvalue weighted by Crippen LogP contribution is 2.25. The maximum absolute atomic E-state index is 10.8. The summed E-state index contributed by atoms with van der Waals surface area (Å²) >= 11 is 0. The number of nitro benzene ring substituents is 1. The van der Waals surface area contributed by atoms with Gasteiger partial charge in [0, 0.05) is 12.6 Å². The van der Waals surface area contributed by atoms with Crippen molar-refractivity contribution in [2.75, 3.05) is 26.2 Å². The minimum absolute atomic E-state index is 0.0430. The number of rotatable bonds is 8. The van der Waals surface area contributed by atoms with E-state index in [0.717, 1.165) is 13.1 Å². The number of likely N-dealkylation sites (N-methyl/N-ethyl adjacent to an activating group) is 1. The van der Waals surface area contributed by atoms with E-state index in [0.29, 0.717) is 6.54 Å². The third-order valence-corrected chi connectivity index (χ3v) is 2.86. The van der Waals surface area contributed by atoms with Gasteiger partial charge in [0.25, 0.3) is 0 Å². The van der Waals surface area contributed by atoms with Crippen LogP contribution in [0, 0.1) is 10.1 Å². The van der Waals surface area contributed by atoms with E-state index >= 15 is 0 Å². The van der Waals surface area contributed by atoms with E-state index in [4.69, 9.17) is 4.74 Å². The lowest BCUT2D eigenvalue weighted by atomic mass is 10.3. The molecule has 6 heteroatoms. The van der Waals surface area contributed by atoms with Gasteiger partial charge in [-0.3, -0.25) is 10.1 Å². The molecule has 0 aromatic heterocycles. The standard InChI is InChI=1S/C13H20N2O4/c1-3-14(4-2)9-11(16)10-19-13-8-6-5-7-12(13)15(17)18/h5-8,11,16H,3-4,9-10H2,1-2H3/t11-/m0/s1. The van der Waals surface area contributed by atoms with Gasteiger partial charge in [-0.1, -0.05) is 26.0 Å². The van der Waals surface area contributed by atoms with Crippen molar-refractivity contribution in [2.45, 2.75) is 20.0 Å². The summed E-state index contributed by atoms with van der Waals surface area (Å²) in [6.45, 7) is 6.26. The van der Waals surface area contributed by atoms with Gasteiger partial charge >= 0.3 is 5.69 Å². The average molecular weight is 268 g/mol. The Hall–Kier alpha value is -1.66. The van der Waals surface area contributed by atoms with Crippen LogP contribution in [0.4, 0.5) is 5.69 Å². The smallest absolute Gasteiger partial charge is 0.310 e. The minimum atomic E-state index is -0.667. The molecular formula is C13H20N2O4. The molecule has 0 heterocycles. The fourth-order valence-electron chi connectivity index (χ4n) is 1.75. The molecule has 0 unspecified atom stereocenters. The molecule has 0 bridgehead atoms. The second-order valence-electron chi connectivity index (χ2n) is 4.18. The molecule has 0 amide bonds. The van der Waals surface area contributed by atoms with Crippen LogP contribution in [0.15, 0.2) is 24.3 Å². The monoisotopic (exact) mass is 268 g/mol. The number of aliphatic hydroxyl groups is 1. The first-order chi connectivity index (χ1) is 9.08. The van der Waals surface area contributed by atoms with Gasteiger partial charge in [-0.05, 0) is 19.2 Å². The summed E-state index contributed by atoms with van der Waals surface area (Å²) in [5.41, 5.74) is -0.0856. The van der Waals surface area contributed by atoms with Crippen molar-refractivity contribution in [3.05, 3.63) is 34.4 Å². The minimum Gasteiger partial charge on any atom is -0.484 e. The van der Waals surface area contributed by atoms with E-state index in [9.17, 15) is 15.2 Å². The Kier molecular flexibility index (Phi) is 6.24. The van der Waals surface area contributed by atoms with E-state index in [1.807, 2.05) is 13.8 Å². The van der Waals surface area contributed by atoms with Crippen LogP contribution >= 0.6 is 0 Å². The molecule has 106 valence electrons. The highest BCUT2D eigenvalue weighted by molar-refractivity contribution is 5.45. The zero-order valence-electron chi connectivity index (χ0n) is 11.3. The highest BCUT2D eigenvalue weighted by Gasteiger charge is 2.16. The lowest BCUT2D eigenvalue weighted by molar-refractivity contribution is -0.385. The molecule has 1 rings (SSSR count). The molecule has 0 aliphatic heterocycles. The Labute approximate surface area is 112 Å². The fraction of sp³-hybridized carbons (Fsp3) is 0.538. The molecule has 0 fully saturated rings. The number of nitro groups is 1. The summed E-state index contributed by atoms with van der Waals surface area (Å²) in [7, 11) is 0. The second-order valence-corrected chi connectivity index (χ2v) is 4.18. The molecular weight excluding hydrogens is 248 g/mol. The number of nitrogens with zero attached hydrogens (tertiary/aromatic N) is 2. The molecule has 0 aliphatic rings. The Morgan fingerprint density at radius 1 is 1.37 bits per heavy atom. The highest BCUT2D eigenvalue weighted by atomic mass is 16.6. The zero-order valence-corrected chi connectivity index (χ0v) is 11.3. The van der Waals surface area contributed by atoms with E-state index in [2.05, 4.69) is 4.90 Å². The molecule has 0 radical (unpaired) electrons. The topological polar surface area (TPSA) is 75.8 Å². The number of hydrogen-bond donors (Lipinski definition) is 1. The van der Waals surface area contributed by atoms with Gasteiger partial charge in [-0.15, -0.1) is 0 Å². The predicted molar refractivity (Wildman–Crippen MR) is 72.4 cm³/mol. The van der Waals surface area contributed by atoms with Crippen molar-refractivity contribution < 1.29 is 14.8 Å². The molecule has 1 N–H and O–H groups in total. The van der Waals surface area contributed by atoms with Crippen LogP contribution in [-0.4, -0.2) is 47.3 Å². The van der Waals surface area contributed by atoms with Gasteiger partial charge in [0.05, 0.1) is 4.92 Å². The molecule has 0 saturated carbocycles. The van der Waals surface area contributed by atoms with Crippen LogP contribution in [0.1, 0.15) is 13.8 Å². The summed E-state index contributed by atoms with van der Waals surface area (Å²) in [5, 5.41) is 20.6. The van der Waals surface area contributed by atoms with E-state index < -0.39 is 11.0 Å². The van der Waals surface area contributed by atoms with E-state index in [1.165, 1.54) is 12.1 Å². The predicted octanol–water partition coefficient (Wildman–Crippen LogP) is 1.68.